The van der Waals surface area contributed by atoms with E-state index in [0.717, 1.165) is 0 Å². The summed E-state index contributed by atoms with van der Waals surface area (Å²) in [4.78, 5) is 29.8. The van der Waals surface area contributed by atoms with Crippen LogP contribution in [0.1, 0.15) is 26.3 Å². The molecule has 2 rings (SSSR count). The minimum absolute atomic E-state index is 0.0470. The van der Waals surface area contributed by atoms with Gasteiger partial charge in [-0.05, 0) is 26.3 Å². The minimum atomic E-state index is -4.98. The topological polar surface area (TPSA) is 62.2 Å². The second kappa shape index (κ2) is 7.98. The van der Waals surface area contributed by atoms with Crippen molar-refractivity contribution in [1.29, 1.82) is 0 Å². The van der Waals surface area contributed by atoms with Gasteiger partial charge in [-0.3, -0.25) is 14.7 Å². The lowest BCUT2D eigenvalue weighted by Gasteiger charge is -2.27. The molecule has 0 bridgehead atoms. The van der Waals surface area contributed by atoms with E-state index in [1.54, 1.807) is 51.1 Å². The predicted octanol–water partition coefficient (Wildman–Crippen LogP) is 3.23. The predicted molar refractivity (Wildman–Crippen MR) is 93.1 cm³/mol. The molecule has 0 aromatic heterocycles. The lowest BCUT2D eigenvalue weighted by Crippen LogP contribution is -2.45. The van der Waals surface area contributed by atoms with Crippen LogP contribution < -0.4 is 0 Å². The molecule has 2 amide bonds. The van der Waals surface area contributed by atoms with Crippen molar-refractivity contribution < 1.29 is 27.5 Å². The molecular weight excluding hydrogens is 363 g/mol. The van der Waals surface area contributed by atoms with E-state index in [1.807, 2.05) is 0 Å². The SMILES string of the molecule is CC(C)(C)OC(=O)N1C=NC(CN(Cc2ccccc2)C(=O)C(F)(F)F)C1. The van der Waals surface area contributed by atoms with Crippen molar-refractivity contribution >= 4 is 18.3 Å². The Morgan fingerprint density at radius 3 is 2.41 bits per heavy atom. The zero-order valence-electron chi connectivity index (χ0n) is 15.4. The molecule has 1 aliphatic rings. The van der Waals surface area contributed by atoms with Gasteiger partial charge in [-0.15, -0.1) is 0 Å². The molecule has 0 saturated heterocycles. The number of alkyl halides is 3. The first-order valence-electron chi connectivity index (χ1n) is 8.38. The third kappa shape index (κ3) is 6.26. The number of hydrogen-bond donors (Lipinski definition) is 0. The van der Waals surface area contributed by atoms with Gasteiger partial charge in [0.1, 0.15) is 5.60 Å². The van der Waals surface area contributed by atoms with Crippen LogP contribution in [0.3, 0.4) is 0 Å². The number of rotatable bonds is 4. The molecule has 0 aliphatic carbocycles. The highest BCUT2D eigenvalue weighted by atomic mass is 19.4. The van der Waals surface area contributed by atoms with Gasteiger partial charge < -0.3 is 9.64 Å². The van der Waals surface area contributed by atoms with Crippen LogP contribution >= 0.6 is 0 Å². The molecule has 0 saturated carbocycles. The fraction of sp³-hybridized carbons (Fsp3) is 0.500. The Hall–Kier alpha value is -2.58. The molecule has 0 fully saturated rings. The summed E-state index contributed by atoms with van der Waals surface area (Å²) in [5.74, 6) is -1.93. The maximum absolute atomic E-state index is 13.0. The molecule has 27 heavy (non-hydrogen) atoms. The summed E-state index contributed by atoms with van der Waals surface area (Å²) in [5, 5.41) is 0. The first-order chi connectivity index (χ1) is 12.5. The van der Waals surface area contributed by atoms with Crippen LogP contribution in [0.15, 0.2) is 35.3 Å². The summed E-state index contributed by atoms with van der Waals surface area (Å²) in [5.41, 5.74) is -0.129. The Morgan fingerprint density at radius 2 is 1.85 bits per heavy atom. The van der Waals surface area contributed by atoms with Crippen LogP contribution in [0.5, 0.6) is 0 Å². The van der Waals surface area contributed by atoms with Crippen molar-refractivity contribution in [3.63, 3.8) is 0 Å². The third-order valence-electron chi connectivity index (χ3n) is 3.63. The average molecular weight is 385 g/mol. The number of aliphatic imine (C=N–C) groups is 1. The quantitative estimate of drug-likeness (QED) is 0.800. The van der Waals surface area contributed by atoms with Crippen molar-refractivity contribution in [2.24, 2.45) is 4.99 Å². The van der Waals surface area contributed by atoms with Gasteiger partial charge in [0.2, 0.25) is 0 Å². The first-order valence-corrected chi connectivity index (χ1v) is 8.38. The van der Waals surface area contributed by atoms with Crippen LogP contribution in [-0.4, -0.2) is 59.0 Å². The molecular formula is C18H22F3N3O3. The van der Waals surface area contributed by atoms with Crippen LogP contribution in [0.4, 0.5) is 18.0 Å². The summed E-state index contributed by atoms with van der Waals surface area (Å²) < 4.78 is 44.1. The number of carbonyl (C=O) groups excluding carboxylic acids is 2. The standard InChI is InChI=1S/C18H22F3N3O3/c1-17(2,3)27-16(26)24-11-14(22-12-24)10-23(15(25)18(19,20)21)9-13-7-5-4-6-8-13/h4-8,12,14H,9-11H2,1-3H3. The maximum atomic E-state index is 13.0. The van der Waals surface area contributed by atoms with Crippen LogP contribution in [0.25, 0.3) is 0 Å². The number of benzene rings is 1. The lowest BCUT2D eigenvalue weighted by molar-refractivity contribution is -0.186. The molecule has 1 atom stereocenters. The van der Waals surface area contributed by atoms with Crippen LogP contribution in [0, 0.1) is 0 Å². The zero-order valence-corrected chi connectivity index (χ0v) is 15.4. The zero-order chi connectivity index (χ0) is 20.2. The van der Waals surface area contributed by atoms with Crippen molar-refractivity contribution in [2.45, 2.75) is 45.1 Å². The molecule has 9 heteroatoms. The molecule has 6 nitrogen and oxygen atoms in total. The van der Waals surface area contributed by atoms with E-state index < -0.39 is 29.8 Å². The monoisotopic (exact) mass is 385 g/mol. The highest BCUT2D eigenvalue weighted by molar-refractivity contribution is 5.84. The number of carbonyl (C=O) groups is 2. The van der Waals surface area contributed by atoms with Gasteiger partial charge in [-0.1, -0.05) is 30.3 Å². The van der Waals surface area contributed by atoms with Crippen LogP contribution in [-0.2, 0) is 16.1 Å². The second-order valence-corrected chi connectivity index (χ2v) is 7.22. The molecule has 1 aromatic carbocycles. The fourth-order valence-corrected chi connectivity index (χ4v) is 2.50. The Labute approximate surface area is 155 Å². The van der Waals surface area contributed by atoms with Gasteiger partial charge >= 0.3 is 18.2 Å². The van der Waals surface area contributed by atoms with Gasteiger partial charge in [-0.25, -0.2) is 4.79 Å². The number of amides is 2. The van der Waals surface area contributed by atoms with E-state index in [4.69, 9.17) is 4.74 Å². The number of halogens is 3. The summed E-state index contributed by atoms with van der Waals surface area (Å²) in [6.07, 6.45) is -4.38. The van der Waals surface area contributed by atoms with E-state index >= 15 is 0 Å². The molecule has 0 radical (unpaired) electrons. The summed E-state index contributed by atoms with van der Waals surface area (Å²) in [6.45, 7) is 4.71. The van der Waals surface area contributed by atoms with Crippen molar-refractivity contribution in [3.8, 4) is 0 Å². The van der Waals surface area contributed by atoms with Gasteiger partial charge in [0, 0.05) is 13.1 Å². The van der Waals surface area contributed by atoms with Crippen molar-refractivity contribution in [1.82, 2.24) is 9.80 Å². The van der Waals surface area contributed by atoms with Crippen molar-refractivity contribution in [3.05, 3.63) is 35.9 Å². The Bertz CT molecular complexity index is 699. The molecule has 148 valence electrons. The lowest BCUT2D eigenvalue weighted by atomic mass is 10.2. The largest absolute Gasteiger partial charge is 0.471 e. The first kappa shape index (κ1) is 20.7. The molecule has 0 N–H and O–H groups in total. The van der Waals surface area contributed by atoms with E-state index in [1.165, 1.54) is 11.2 Å². The van der Waals surface area contributed by atoms with Gasteiger partial charge in [0.15, 0.2) is 0 Å². The molecule has 1 aliphatic heterocycles. The highest BCUT2D eigenvalue weighted by Gasteiger charge is 2.43. The maximum Gasteiger partial charge on any atom is 0.471 e. The summed E-state index contributed by atoms with van der Waals surface area (Å²) in [7, 11) is 0. The minimum Gasteiger partial charge on any atom is -0.443 e. The van der Waals surface area contributed by atoms with Crippen LogP contribution in [0.2, 0.25) is 0 Å². The van der Waals surface area contributed by atoms with E-state index in [2.05, 4.69) is 4.99 Å². The van der Waals surface area contributed by atoms with Gasteiger partial charge in [0.05, 0.1) is 18.9 Å². The highest BCUT2D eigenvalue weighted by Crippen LogP contribution is 2.21. The fourth-order valence-electron chi connectivity index (χ4n) is 2.50. The van der Waals surface area contributed by atoms with Crippen molar-refractivity contribution in [2.75, 3.05) is 13.1 Å². The van der Waals surface area contributed by atoms with E-state index in [-0.39, 0.29) is 19.6 Å². The number of nitrogens with zero attached hydrogens (tertiary/aromatic N) is 3. The molecule has 1 heterocycles. The van der Waals surface area contributed by atoms with E-state index in [0.29, 0.717) is 10.5 Å². The van der Waals surface area contributed by atoms with Gasteiger partial charge in [-0.2, -0.15) is 13.2 Å². The number of ether oxygens (including phenoxy) is 1. The molecule has 0 spiro atoms. The third-order valence-corrected chi connectivity index (χ3v) is 3.63. The van der Waals surface area contributed by atoms with E-state index in [9.17, 15) is 22.8 Å². The number of hydrogen-bond acceptors (Lipinski definition) is 4. The van der Waals surface area contributed by atoms with Gasteiger partial charge in [0.25, 0.3) is 0 Å². The smallest absolute Gasteiger partial charge is 0.443 e. The summed E-state index contributed by atoms with van der Waals surface area (Å²) in [6, 6.07) is 7.72. The Balaban J connectivity index is 2.05. The average Bonchev–Trinajstić information content (AvgIpc) is 3.01. The molecule has 1 unspecified atom stereocenters. The summed E-state index contributed by atoms with van der Waals surface area (Å²) >= 11 is 0. The Morgan fingerprint density at radius 1 is 1.22 bits per heavy atom. The second-order valence-electron chi connectivity index (χ2n) is 7.22. The molecule has 1 aromatic rings. The Kier molecular flexibility index (Phi) is 6.12. The normalized spacial score (nSPS) is 17.1.